The standard InChI is InChI=1S/C44H29NO/c46-43-35-19-7-9-21-37(35)44(38-22-10-8-20-36(38)43)39-23-11-13-25-41(39)45(42-26-14-12-24-40(42)44)34-28-32(30-15-3-1-4-16-30)27-33(29-34)31-17-5-2-6-18-31/h1-29H. The maximum atomic E-state index is 14.0. The zero-order valence-electron chi connectivity index (χ0n) is 25.1. The quantitative estimate of drug-likeness (QED) is 0.205. The monoisotopic (exact) mass is 587 g/mol. The van der Waals surface area contributed by atoms with Gasteiger partial charge < -0.3 is 4.90 Å². The topological polar surface area (TPSA) is 20.3 Å². The number of hydrogen-bond acceptors (Lipinski definition) is 2. The third kappa shape index (κ3) is 3.74. The average Bonchev–Trinajstić information content (AvgIpc) is 3.14. The number of hydrogen-bond donors (Lipinski definition) is 0. The van der Waals surface area contributed by atoms with Crippen LogP contribution in [0.5, 0.6) is 0 Å². The number of carbonyl (C=O) groups is 1. The molecule has 0 bridgehead atoms. The van der Waals surface area contributed by atoms with E-state index >= 15 is 0 Å². The Morgan fingerprint density at radius 3 is 1.24 bits per heavy atom. The van der Waals surface area contributed by atoms with Crippen molar-refractivity contribution in [2.45, 2.75) is 5.41 Å². The van der Waals surface area contributed by atoms with Gasteiger partial charge in [-0.05, 0) is 74.8 Å². The van der Waals surface area contributed by atoms with Crippen LogP contribution in [-0.4, -0.2) is 5.78 Å². The number of fused-ring (bicyclic) bond motifs is 8. The maximum absolute atomic E-state index is 14.0. The van der Waals surface area contributed by atoms with Crippen molar-refractivity contribution in [2.24, 2.45) is 0 Å². The van der Waals surface area contributed by atoms with Gasteiger partial charge in [0.2, 0.25) is 0 Å². The van der Waals surface area contributed by atoms with Crippen molar-refractivity contribution in [3.05, 3.63) is 209 Å². The highest BCUT2D eigenvalue weighted by Gasteiger charge is 2.51. The molecule has 0 saturated heterocycles. The molecule has 1 heterocycles. The predicted octanol–water partition coefficient (Wildman–Crippen LogP) is 10.7. The van der Waals surface area contributed by atoms with E-state index < -0.39 is 5.41 Å². The van der Waals surface area contributed by atoms with E-state index in [2.05, 4.69) is 157 Å². The lowest BCUT2D eigenvalue weighted by Gasteiger charge is -2.48. The van der Waals surface area contributed by atoms with E-state index in [0.29, 0.717) is 0 Å². The minimum Gasteiger partial charge on any atom is -0.310 e. The van der Waals surface area contributed by atoms with Gasteiger partial charge >= 0.3 is 0 Å². The third-order valence-electron chi connectivity index (χ3n) is 9.64. The Labute approximate surface area is 268 Å². The van der Waals surface area contributed by atoms with E-state index in [-0.39, 0.29) is 5.78 Å². The van der Waals surface area contributed by atoms with Gasteiger partial charge in [-0.3, -0.25) is 4.79 Å². The molecule has 7 aromatic rings. The van der Waals surface area contributed by atoms with Gasteiger partial charge in [0.1, 0.15) is 0 Å². The summed E-state index contributed by atoms with van der Waals surface area (Å²) in [5.74, 6) is 0.0808. The Hall–Kier alpha value is -5.99. The molecule has 2 aliphatic rings. The molecule has 216 valence electrons. The number of carbonyl (C=O) groups excluding carboxylic acids is 1. The third-order valence-corrected chi connectivity index (χ3v) is 9.64. The highest BCUT2D eigenvalue weighted by molar-refractivity contribution is 6.14. The molecule has 9 rings (SSSR count). The Morgan fingerprint density at radius 1 is 0.370 bits per heavy atom. The zero-order valence-corrected chi connectivity index (χ0v) is 25.1. The van der Waals surface area contributed by atoms with E-state index in [9.17, 15) is 4.79 Å². The van der Waals surface area contributed by atoms with Crippen molar-refractivity contribution < 1.29 is 4.79 Å². The Morgan fingerprint density at radius 2 is 0.761 bits per heavy atom. The molecule has 1 aliphatic carbocycles. The van der Waals surface area contributed by atoms with Crippen LogP contribution in [0.25, 0.3) is 22.3 Å². The fourth-order valence-electron chi connectivity index (χ4n) is 7.75. The van der Waals surface area contributed by atoms with Crippen LogP contribution in [0, 0.1) is 0 Å². The minimum atomic E-state index is -0.663. The fourth-order valence-corrected chi connectivity index (χ4v) is 7.75. The van der Waals surface area contributed by atoms with E-state index in [1.54, 1.807) is 0 Å². The molecule has 0 fully saturated rings. The Balaban J connectivity index is 1.38. The summed E-state index contributed by atoms with van der Waals surface area (Å²) in [5, 5.41) is 0. The van der Waals surface area contributed by atoms with Crippen molar-refractivity contribution in [3.8, 4) is 22.3 Å². The lowest BCUT2D eigenvalue weighted by atomic mass is 9.57. The molecule has 2 nitrogen and oxygen atoms in total. The summed E-state index contributed by atoms with van der Waals surface area (Å²) in [5.41, 5.74) is 13.2. The normalized spacial score (nSPS) is 13.8. The first kappa shape index (κ1) is 26.4. The second kappa shape index (κ2) is 10.3. The number of ketones is 1. The summed E-state index contributed by atoms with van der Waals surface area (Å²) >= 11 is 0. The van der Waals surface area contributed by atoms with Gasteiger partial charge in [0, 0.05) is 16.8 Å². The average molecular weight is 588 g/mol. The molecular formula is C44H29NO. The van der Waals surface area contributed by atoms with Crippen LogP contribution in [0.3, 0.4) is 0 Å². The van der Waals surface area contributed by atoms with Crippen LogP contribution >= 0.6 is 0 Å². The molecular weight excluding hydrogens is 558 g/mol. The molecule has 7 aromatic carbocycles. The van der Waals surface area contributed by atoms with E-state index in [1.165, 1.54) is 11.1 Å². The van der Waals surface area contributed by atoms with Crippen molar-refractivity contribution in [3.63, 3.8) is 0 Å². The van der Waals surface area contributed by atoms with Gasteiger partial charge in [-0.25, -0.2) is 0 Å². The van der Waals surface area contributed by atoms with Crippen LogP contribution in [0.2, 0.25) is 0 Å². The fraction of sp³-hybridized carbons (Fsp3) is 0.0227. The van der Waals surface area contributed by atoms with Crippen molar-refractivity contribution in [1.29, 1.82) is 0 Å². The van der Waals surface area contributed by atoms with Crippen molar-refractivity contribution in [2.75, 3.05) is 4.90 Å². The highest BCUT2D eigenvalue weighted by Crippen LogP contribution is 2.60. The number of benzene rings is 7. The molecule has 0 aromatic heterocycles. The van der Waals surface area contributed by atoms with Crippen LogP contribution in [0.4, 0.5) is 17.1 Å². The first-order valence-electron chi connectivity index (χ1n) is 15.7. The number of nitrogens with zero attached hydrogens (tertiary/aromatic N) is 1. The van der Waals surface area contributed by atoms with Gasteiger partial charge in [-0.2, -0.15) is 0 Å². The van der Waals surface area contributed by atoms with E-state index in [0.717, 1.165) is 61.6 Å². The maximum Gasteiger partial charge on any atom is 0.193 e. The summed E-state index contributed by atoms with van der Waals surface area (Å²) in [7, 11) is 0. The Kier molecular flexibility index (Phi) is 5.91. The summed E-state index contributed by atoms with van der Waals surface area (Å²) in [6.45, 7) is 0. The molecule has 0 saturated carbocycles. The largest absolute Gasteiger partial charge is 0.310 e. The SMILES string of the molecule is O=C1c2ccccc2C2(c3ccccc31)c1ccccc1N(c1cc(-c3ccccc3)cc(-c3ccccc3)c1)c1ccccc12. The minimum absolute atomic E-state index is 0.0808. The van der Waals surface area contributed by atoms with Crippen LogP contribution < -0.4 is 4.90 Å². The number of rotatable bonds is 3. The smallest absolute Gasteiger partial charge is 0.193 e. The van der Waals surface area contributed by atoms with Gasteiger partial charge in [0.25, 0.3) is 0 Å². The van der Waals surface area contributed by atoms with Gasteiger partial charge in [-0.15, -0.1) is 0 Å². The van der Waals surface area contributed by atoms with Gasteiger partial charge in [0.15, 0.2) is 5.78 Å². The molecule has 0 radical (unpaired) electrons. The number of anilines is 3. The molecule has 2 heteroatoms. The first-order valence-corrected chi connectivity index (χ1v) is 15.7. The molecule has 1 aliphatic heterocycles. The second-order valence-corrected chi connectivity index (χ2v) is 12.0. The van der Waals surface area contributed by atoms with E-state index in [1.807, 2.05) is 24.3 Å². The van der Waals surface area contributed by atoms with Gasteiger partial charge in [0.05, 0.1) is 16.8 Å². The molecule has 0 N–H and O–H groups in total. The summed E-state index contributed by atoms with van der Waals surface area (Å²) in [6, 6.07) is 61.9. The van der Waals surface area contributed by atoms with Gasteiger partial charge in [-0.1, -0.05) is 146 Å². The lowest BCUT2D eigenvalue weighted by Crippen LogP contribution is -2.42. The summed E-state index contributed by atoms with van der Waals surface area (Å²) in [6.07, 6.45) is 0. The molecule has 46 heavy (non-hydrogen) atoms. The Bertz CT molecular complexity index is 2130. The first-order chi connectivity index (χ1) is 22.7. The molecule has 1 spiro atoms. The summed E-state index contributed by atoms with van der Waals surface area (Å²) in [4.78, 5) is 16.4. The van der Waals surface area contributed by atoms with Crippen molar-refractivity contribution in [1.82, 2.24) is 0 Å². The lowest BCUT2D eigenvalue weighted by molar-refractivity contribution is 0.103. The molecule has 0 unspecified atom stereocenters. The molecule has 0 atom stereocenters. The van der Waals surface area contributed by atoms with Crippen LogP contribution in [0.1, 0.15) is 38.2 Å². The molecule has 0 amide bonds. The second-order valence-electron chi connectivity index (χ2n) is 12.0. The predicted molar refractivity (Wildman–Crippen MR) is 187 cm³/mol. The summed E-state index contributed by atoms with van der Waals surface area (Å²) < 4.78 is 0. The number of para-hydroxylation sites is 2. The van der Waals surface area contributed by atoms with Crippen LogP contribution in [-0.2, 0) is 5.41 Å². The zero-order chi connectivity index (χ0) is 30.7. The van der Waals surface area contributed by atoms with Crippen LogP contribution in [0.15, 0.2) is 176 Å². The highest BCUT2D eigenvalue weighted by atomic mass is 16.1. The van der Waals surface area contributed by atoms with Crippen molar-refractivity contribution >= 4 is 22.8 Å². The van der Waals surface area contributed by atoms with E-state index in [4.69, 9.17) is 0 Å².